The van der Waals surface area contributed by atoms with E-state index in [1.807, 2.05) is 24.5 Å². The maximum Gasteiger partial charge on any atom is 0.335 e. The number of fused-ring (bicyclic) bond motifs is 1. The van der Waals surface area contributed by atoms with Gasteiger partial charge in [-0.2, -0.15) is 0 Å². The Morgan fingerprint density at radius 3 is 2.50 bits per heavy atom. The molecule has 3 aromatic rings. The molecule has 5 rings (SSSR count). The second-order valence-electron chi connectivity index (χ2n) is 7.75. The molecule has 0 atom stereocenters. The number of amides is 4. The van der Waals surface area contributed by atoms with Crippen molar-refractivity contribution in [3.63, 3.8) is 0 Å². The molecule has 0 bridgehead atoms. The molecule has 1 N–H and O–H groups in total. The second kappa shape index (κ2) is 8.23. The molecular weight excluding hydrogens is 481 g/mol. The number of anilines is 1. The van der Waals surface area contributed by atoms with Crippen molar-refractivity contribution in [2.45, 2.75) is 13.8 Å². The molecular formula is C24H17Cl2N3O5. The number of carbonyl (C=O) groups is 3. The van der Waals surface area contributed by atoms with E-state index >= 15 is 0 Å². The number of nitrogens with zero attached hydrogens (tertiary/aromatic N) is 2. The van der Waals surface area contributed by atoms with Gasteiger partial charge in [-0.05, 0) is 61.9 Å². The molecule has 0 aliphatic carbocycles. The average molecular weight is 498 g/mol. The van der Waals surface area contributed by atoms with Crippen molar-refractivity contribution in [3.8, 4) is 17.2 Å². The minimum Gasteiger partial charge on any atom is -0.454 e. The van der Waals surface area contributed by atoms with Crippen LogP contribution in [0.1, 0.15) is 17.0 Å². The standard InChI is InChI=1S/C24H17Cl2N3O5/c1-12-7-14(13(2)28(12)19-5-3-15(25)9-18(19)26)8-17-22(30)27-24(32)29(23(17)31)16-4-6-20-21(10-16)34-11-33-20/h3-10H,11H2,1-2H3,(H,27,30,32)/b17-8+. The lowest BCUT2D eigenvalue weighted by atomic mass is 10.1. The number of rotatable bonds is 3. The number of nitrogens with one attached hydrogen (secondary N) is 1. The summed E-state index contributed by atoms with van der Waals surface area (Å²) in [7, 11) is 0. The van der Waals surface area contributed by atoms with Crippen LogP contribution in [0.5, 0.6) is 11.5 Å². The molecule has 2 aliphatic rings. The lowest BCUT2D eigenvalue weighted by Crippen LogP contribution is -2.54. The first-order valence-electron chi connectivity index (χ1n) is 10.2. The van der Waals surface area contributed by atoms with Gasteiger partial charge in [-0.15, -0.1) is 0 Å². The van der Waals surface area contributed by atoms with Crippen LogP contribution >= 0.6 is 23.2 Å². The number of benzene rings is 2. The molecule has 34 heavy (non-hydrogen) atoms. The average Bonchev–Trinajstić information content (AvgIpc) is 3.35. The molecule has 8 nitrogen and oxygen atoms in total. The van der Waals surface area contributed by atoms with Crippen LogP contribution in [0.3, 0.4) is 0 Å². The van der Waals surface area contributed by atoms with E-state index in [-0.39, 0.29) is 18.1 Å². The highest BCUT2D eigenvalue weighted by Crippen LogP contribution is 2.36. The van der Waals surface area contributed by atoms with Crippen molar-refractivity contribution in [2.75, 3.05) is 11.7 Å². The quantitative estimate of drug-likeness (QED) is 0.414. The number of urea groups is 1. The fraction of sp³-hybridized carbons (Fsp3) is 0.125. The summed E-state index contributed by atoms with van der Waals surface area (Å²) in [5.41, 5.74) is 3.00. The highest BCUT2D eigenvalue weighted by atomic mass is 35.5. The Labute approximate surface area is 204 Å². The number of barbiturate groups is 1. The van der Waals surface area contributed by atoms with Gasteiger partial charge >= 0.3 is 6.03 Å². The van der Waals surface area contributed by atoms with Gasteiger partial charge in [0.05, 0.1) is 16.4 Å². The number of ether oxygens (including phenoxy) is 2. The molecule has 0 radical (unpaired) electrons. The van der Waals surface area contributed by atoms with E-state index < -0.39 is 17.8 Å². The Morgan fingerprint density at radius 2 is 1.74 bits per heavy atom. The number of hydrogen-bond donors (Lipinski definition) is 1. The highest BCUT2D eigenvalue weighted by molar-refractivity contribution is 6.39. The third kappa shape index (κ3) is 3.61. The summed E-state index contributed by atoms with van der Waals surface area (Å²) in [6.45, 7) is 3.78. The van der Waals surface area contributed by atoms with E-state index in [9.17, 15) is 14.4 Å². The smallest absolute Gasteiger partial charge is 0.335 e. The van der Waals surface area contributed by atoms with E-state index in [4.69, 9.17) is 32.7 Å². The maximum atomic E-state index is 13.3. The van der Waals surface area contributed by atoms with Crippen LogP contribution in [0.25, 0.3) is 11.8 Å². The number of aromatic nitrogens is 1. The lowest BCUT2D eigenvalue weighted by Gasteiger charge is -2.26. The van der Waals surface area contributed by atoms with Gasteiger partial charge in [0.25, 0.3) is 11.8 Å². The van der Waals surface area contributed by atoms with Crippen LogP contribution < -0.4 is 19.7 Å². The molecule has 3 heterocycles. The monoisotopic (exact) mass is 497 g/mol. The van der Waals surface area contributed by atoms with Gasteiger partial charge in [0.2, 0.25) is 6.79 Å². The fourth-order valence-corrected chi connectivity index (χ4v) is 4.53. The number of hydrogen-bond acceptors (Lipinski definition) is 5. The first kappa shape index (κ1) is 22.1. The molecule has 1 aromatic heterocycles. The Morgan fingerprint density at radius 1 is 0.971 bits per heavy atom. The zero-order valence-corrected chi connectivity index (χ0v) is 19.5. The fourth-order valence-electron chi connectivity index (χ4n) is 4.04. The van der Waals surface area contributed by atoms with E-state index in [0.29, 0.717) is 32.8 Å². The summed E-state index contributed by atoms with van der Waals surface area (Å²) in [4.78, 5) is 39.3. The predicted molar refractivity (Wildman–Crippen MR) is 127 cm³/mol. The minimum atomic E-state index is -0.843. The second-order valence-corrected chi connectivity index (χ2v) is 8.60. The molecule has 0 spiro atoms. The van der Waals surface area contributed by atoms with E-state index in [0.717, 1.165) is 16.3 Å². The van der Waals surface area contributed by atoms with E-state index in [2.05, 4.69) is 5.32 Å². The first-order valence-corrected chi connectivity index (χ1v) is 11.0. The lowest BCUT2D eigenvalue weighted by molar-refractivity contribution is -0.122. The van der Waals surface area contributed by atoms with Crippen LogP contribution in [-0.4, -0.2) is 29.2 Å². The van der Waals surface area contributed by atoms with Gasteiger partial charge in [-0.1, -0.05) is 23.2 Å². The van der Waals surface area contributed by atoms with E-state index in [1.54, 1.807) is 30.3 Å². The number of imide groups is 2. The molecule has 0 saturated carbocycles. The Balaban J connectivity index is 1.55. The first-order chi connectivity index (χ1) is 16.2. The van der Waals surface area contributed by atoms with Crippen molar-refractivity contribution in [2.24, 2.45) is 0 Å². The summed E-state index contributed by atoms with van der Waals surface area (Å²) >= 11 is 12.4. The van der Waals surface area contributed by atoms with Crippen LogP contribution in [0.4, 0.5) is 10.5 Å². The van der Waals surface area contributed by atoms with Gasteiger partial charge in [0.15, 0.2) is 11.5 Å². The summed E-state index contributed by atoms with van der Waals surface area (Å²) in [6.07, 6.45) is 1.47. The molecule has 0 unspecified atom stereocenters. The summed E-state index contributed by atoms with van der Waals surface area (Å²) in [5, 5.41) is 3.20. The predicted octanol–water partition coefficient (Wildman–Crippen LogP) is 4.80. The molecule has 1 fully saturated rings. The summed E-state index contributed by atoms with van der Waals surface area (Å²) in [6, 6.07) is 10.8. The van der Waals surface area contributed by atoms with Crippen LogP contribution in [-0.2, 0) is 9.59 Å². The van der Waals surface area contributed by atoms with Crippen molar-refractivity contribution in [1.82, 2.24) is 9.88 Å². The van der Waals surface area contributed by atoms with Crippen LogP contribution in [0.2, 0.25) is 10.0 Å². The van der Waals surface area contributed by atoms with Gasteiger partial charge in [0, 0.05) is 22.5 Å². The molecule has 2 aromatic carbocycles. The molecule has 4 amide bonds. The van der Waals surface area contributed by atoms with Crippen molar-refractivity contribution >= 4 is 52.8 Å². The van der Waals surface area contributed by atoms with Crippen LogP contribution in [0, 0.1) is 13.8 Å². The molecule has 2 aliphatic heterocycles. The van der Waals surface area contributed by atoms with Gasteiger partial charge < -0.3 is 14.0 Å². The summed E-state index contributed by atoms with van der Waals surface area (Å²) < 4.78 is 12.5. The van der Waals surface area contributed by atoms with Crippen LogP contribution in [0.15, 0.2) is 48.0 Å². The highest BCUT2D eigenvalue weighted by Gasteiger charge is 2.37. The Bertz CT molecular complexity index is 1430. The minimum absolute atomic E-state index is 0.0514. The zero-order valence-electron chi connectivity index (χ0n) is 18.0. The molecule has 1 saturated heterocycles. The van der Waals surface area contributed by atoms with Gasteiger partial charge in [0.1, 0.15) is 5.57 Å². The Kier molecular flexibility index (Phi) is 5.34. The zero-order chi connectivity index (χ0) is 24.1. The normalized spacial score (nSPS) is 16.4. The van der Waals surface area contributed by atoms with Crippen molar-refractivity contribution in [1.29, 1.82) is 0 Å². The topological polar surface area (TPSA) is 89.9 Å². The number of aryl methyl sites for hydroxylation is 1. The van der Waals surface area contributed by atoms with Crippen molar-refractivity contribution in [3.05, 3.63) is 75.0 Å². The van der Waals surface area contributed by atoms with Gasteiger partial charge in [-0.25, -0.2) is 9.69 Å². The third-order valence-electron chi connectivity index (χ3n) is 5.64. The third-order valence-corrected chi connectivity index (χ3v) is 6.17. The Hall–Kier alpha value is -3.75. The number of halogens is 2. The summed E-state index contributed by atoms with van der Waals surface area (Å²) in [5.74, 6) is -0.610. The maximum absolute atomic E-state index is 13.3. The largest absolute Gasteiger partial charge is 0.454 e. The molecule has 10 heteroatoms. The number of carbonyl (C=O) groups excluding carboxylic acids is 3. The SMILES string of the molecule is Cc1cc(/C=C2\C(=O)NC(=O)N(c3ccc4c(c3)OCO4)C2=O)c(C)n1-c1ccc(Cl)cc1Cl. The molecule has 172 valence electrons. The van der Waals surface area contributed by atoms with Crippen molar-refractivity contribution < 1.29 is 23.9 Å². The van der Waals surface area contributed by atoms with E-state index in [1.165, 1.54) is 12.1 Å². The van der Waals surface area contributed by atoms with Gasteiger partial charge in [-0.3, -0.25) is 14.9 Å².